The largest absolute Gasteiger partial charge is 0.497 e. The zero-order valence-corrected chi connectivity index (χ0v) is 12.7. The van der Waals surface area contributed by atoms with Crippen LogP contribution >= 0.6 is 11.8 Å². The molecule has 112 valence electrons. The topological polar surface area (TPSA) is 66.8 Å². The second kappa shape index (κ2) is 6.67. The minimum atomic E-state index is -0.994. The van der Waals surface area contributed by atoms with Gasteiger partial charge in [0.1, 0.15) is 11.8 Å². The summed E-state index contributed by atoms with van der Waals surface area (Å²) < 4.78 is 5.19. The number of carbonyl (C=O) groups excluding carboxylic acids is 1. The van der Waals surface area contributed by atoms with E-state index in [0.717, 1.165) is 5.56 Å². The van der Waals surface area contributed by atoms with E-state index in [1.54, 1.807) is 26.2 Å². The van der Waals surface area contributed by atoms with E-state index in [9.17, 15) is 14.7 Å². The first-order valence-electron chi connectivity index (χ1n) is 6.59. The SMILES string of the molecule is CCC(C(=O)O)N1C(=O)CSC=C1c1cccc(OC)c1. The van der Waals surface area contributed by atoms with Crippen molar-refractivity contribution in [1.29, 1.82) is 0 Å². The molecule has 0 aliphatic carbocycles. The second-order valence-corrected chi connectivity index (χ2v) is 5.43. The van der Waals surface area contributed by atoms with Gasteiger partial charge >= 0.3 is 5.97 Å². The smallest absolute Gasteiger partial charge is 0.326 e. The van der Waals surface area contributed by atoms with Gasteiger partial charge in [-0.25, -0.2) is 4.79 Å². The van der Waals surface area contributed by atoms with Crippen molar-refractivity contribution in [3.63, 3.8) is 0 Å². The minimum Gasteiger partial charge on any atom is -0.497 e. The average molecular weight is 307 g/mol. The molecule has 1 aromatic carbocycles. The number of aliphatic carboxylic acids is 1. The predicted molar refractivity (Wildman–Crippen MR) is 82.0 cm³/mol. The highest BCUT2D eigenvalue weighted by atomic mass is 32.2. The summed E-state index contributed by atoms with van der Waals surface area (Å²) in [5.74, 6) is -0.252. The van der Waals surface area contributed by atoms with Crippen molar-refractivity contribution in [3.8, 4) is 5.75 Å². The van der Waals surface area contributed by atoms with Gasteiger partial charge in [0.15, 0.2) is 0 Å². The van der Waals surface area contributed by atoms with Crippen LogP contribution in [0.2, 0.25) is 0 Å². The van der Waals surface area contributed by atoms with Crippen molar-refractivity contribution in [2.24, 2.45) is 0 Å². The second-order valence-electron chi connectivity index (χ2n) is 4.57. The van der Waals surface area contributed by atoms with E-state index in [1.807, 2.05) is 17.5 Å². The summed E-state index contributed by atoms with van der Waals surface area (Å²) in [5, 5.41) is 11.2. The van der Waals surface area contributed by atoms with Gasteiger partial charge in [-0.05, 0) is 24.0 Å². The molecule has 0 saturated carbocycles. The molecule has 0 fully saturated rings. The molecule has 1 aliphatic heterocycles. The van der Waals surface area contributed by atoms with Crippen LogP contribution in [0.15, 0.2) is 29.7 Å². The normalized spacial score (nSPS) is 16.4. The lowest BCUT2D eigenvalue weighted by atomic mass is 10.1. The predicted octanol–water partition coefficient (Wildman–Crippen LogP) is 2.43. The van der Waals surface area contributed by atoms with Crippen molar-refractivity contribution >= 4 is 29.3 Å². The molecular weight excluding hydrogens is 290 g/mol. The fourth-order valence-electron chi connectivity index (χ4n) is 2.25. The first-order chi connectivity index (χ1) is 10.1. The monoisotopic (exact) mass is 307 g/mol. The fourth-order valence-corrected chi connectivity index (χ4v) is 3.02. The van der Waals surface area contributed by atoms with E-state index in [1.165, 1.54) is 16.7 Å². The van der Waals surface area contributed by atoms with Gasteiger partial charge in [-0.15, -0.1) is 11.8 Å². The molecule has 2 rings (SSSR count). The van der Waals surface area contributed by atoms with Crippen molar-refractivity contribution in [3.05, 3.63) is 35.2 Å². The van der Waals surface area contributed by atoms with Crippen LogP contribution in [0.5, 0.6) is 5.75 Å². The molecule has 1 atom stereocenters. The maximum atomic E-state index is 12.2. The van der Waals surface area contributed by atoms with Crippen LogP contribution in [0.1, 0.15) is 18.9 Å². The summed E-state index contributed by atoms with van der Waals surface area (Å²) in [6, 6.07) is 6.41. The summed E-state index contributed by atoms with van der Waals surface area (Å²) in [6.45, 7) is 1.76. The van der Waals surface area contributed by atoms with E-state index in [4.69, 9.17) is 4.74 Å². The standard InChI is InChI=1S/C15H17NO4S/c1-3-12(15(18)19)16-13(8-21-9-14(16)17)10-5-4-6-11(7-10)20-2/h4-8,12H,3,9H2,1-2H3,(H,18,19). The molecule has 1 unspecified atom stereocenters. The van der Waals surface area contributed by atoms with E-state index >= 15 is 0 Å². The Balaban J connectivity index is 2.45. The van der Waals surface area contributed by atoms with Crippen LogP contribution < -0.4 is 4.74 Å². The molecule has 1 aliphatic rings. The number of carboxylic acid groups (broad SMARTS) is 1. The molecule has 1 heterocycles. The fraction of sp³-hybridized carbons (Fsp3) is 0.333. The molecule has 0 bridgehead atoms. The van der Waals surface area contributed by atoms with Crippen molar-refractivity contribution in [2.75, 3.05) is 12.9 Å². The van der Waals surface area contributed by atoms with Gasteiger partial charge in [0.2, 0.25) is 5.91 Å². The Morgan fingerprint density at radius 3 is 2.90 bits per heavy atom. The average Bonchev–Trinajstić information content (AvgIpc) is 2.49. The summed E-state index contributed by atoms with van der Waals surface area (Å²) in [7, 11) is 1.57. The molecular formula is C15H17NO4S. The molecule has 0 aromatic heterocycles. The van der Waals surface area contributed by atoms with Crippen molar-refractivity contribution in [2.45, 2.75) is 19.4 Å². The van der Waals surface area contributed by atoms with Gasteiger partial charge in [0.05, 0.1) is 18.6 Å². The number of methoxy groups -OCH3 is 1. The number of amides is 1. The van der Waals surface area contributed by atoms with E-state index in [0.29, 0.717) is 17.9 Å². The molecule has 0 spiro atoms. The maximum absolute atomic E-state index is 12.2. The lowest BCUT2D eigenvalue weighted by molar-refractivity contribution is -0.146. The number of thioether (sulfide) groups is 1. The first kappa shape index (κ1) is 15.4. The number of rotatable bonds is 5. The number of ether oxygens (including phenoxy) is 1. The van der Waals surface area contributed by atoms with Crippen molar-refractivity contribution in [1.82, 2.24) is 4.90 Å². The summed E-state index contributed by atoms with van der Waals surface area (Å²) in [4.78, 5) is 25.0. The Kier molecular flexibility index (Phi) is 4.90. The molecule has 6 heteroatoms. The van der Waals surface area contributed by atoms with Gasteiger partial charge in [0, 0.05) is 5.56 Å². The maximum Gasteiger partial charge on any atom is 0.326 e. The number of hydrogen-bond donors (Lipinski definition) is 1. The van der Waals surface area contributed by atoms with Gasteiger partial charge in [0.25, 0.3) is 0 Å². The first-order valence-corrected chi connectivity index (χ1v) is 7.64. The minimum absolute atomic E-state index is 0.186. The van der Waals surface area contributed by atoms with Gasteiger partial charge in [-0.2, -0.15) is 0 Å². The number of carboxylic acids is 1. The van der Waals surface area contributed by atoms with Crippen LogP contribution in [-0.4, -0.2) is 40.8 Å². The highest BCUT2D eigenvalue weighted by Gasteiger charge is 2.33. The van der Waals surface area contributed by atoms with Crippen molar-refractivity contribution < 1.29 is 19.4 Å². The number of benzene rings is 1. The Hall–Kier alpha value is -1.95. The molecule has 0 radical (unpaired) electrons. The van der Waals surface area contributed by atoms with E-state index in [-0.39, 0.29) is 11.7 Å². The Labute approximate surface area is 127 Å². The quantitative estimate of drug-likeness (QED) is 0.905. The third kappa shape index (κ3) is 3.21. The number of hydrogen-bond acceptors (Lipinski definition) is 4. The lowest BCUT2D eigenvalue weighted by Gasteiger charge is -2.33. The Bertz CT molecular complexity index is 585. The summed E-state index contributed by atoms with van der Waals surface area (Å²) >= 11 is 1.38. The number of carbonyl (C=O) groups is 2. The molecule has 5 nitrogen and oxygen atoms in total. The van der Waals surface area contributed by atoms with Crippen LogP contribution in [0.25, 0.3) is 5.70 Å². The van der Waals surface area contributed by atoms with Crippen LogP contribution in [0, 0.1) is 0 Å². The summed E-state index contributed by atoms with van der Waals surface area (Å²) in [5.41, 5.74) is 1.39. The third-order valence-corrected chi connectivity index (χ3v) is 4.08. The zero-order valence-electron chi connectivity index (χ0n) is 11.9. The molecule has 1 N–H and O–H groups in total. The van der Waals surface area contributed by atoms with Crippen LogP contribution in [0.4, 0.5) is 0 Å². The van der Waals surface area contributed by atoms with E-state index in [2.05, 4.69) is 0 Å². The zero-order chi connectivity index (χ0) is 15.4. The highest BCUT2D eigenvalue weighted by molar-refractivity contribution is 8.03. The third-order valence-electron chi connectivity index (χ3n) is 3.28. The highest BCUT2D eigenvalue weighted by Crippen LogP contribution is 2.32. The Morgan fingerprint density at radius 2 is 2.29 bits per heavy atom. The molecule has 1 amide bonds. The molecule has 1 aromatic rings. The van der Waals surface area contributed by atoms with Crippen LogP contribution in [0.3, 0.4) is 0 Å². The lowest BCUT2D eigenvalue weighted by Crippen LogP contribution is -2.45. The number of nitrogens with zero attached hydrogens (tertiary/aromatic N) is 1. The Morgan fingerprint density at radius 1 is 1.52 bits per heavy atom. The molecule has 21 heavy (non-hydrogen) atoms. The van der Waals surface area contributed by atoms with Crippen LogP contribution in [-0.2, 0) is 9.59 Å². The van der Waals surface area contributed by atoms with E-state index < -0.39 is 12.0 Å². The summed E-state index contributed by atoms with van der Waals surface area (Å²) in [6.07, 6.45) is 0.354. The molecule has 0 saturated heterocycles. The van der Waals surface area contributed by atoms with Gasteiger partial charge in [-0.1, -0.05) is 19.1 Å². The van der Waals surface area contributed by atoms with Gasteiger partial charge in [-0.3, -0.25) is 9.69 Å². The van der Waals surface area contributed by atoms with Gasteiger partial charge < -0.3 is 9.84 Å².